The zero-order chi connectivity index (χ0) is 18.8. The Kier molecular flexibility index (Phi) is 4.94. The van der Waals surface area contributed by atoms with Crippen molar-refractivity contribution >= 4 is 0 Å². The standard InChI is InChI=1S/C22H22F2N2O/c1-27-18-8-5-16(6-9-18)15-26-13-3-12-25-11-2-4-21(25)22(26)17-7-10-19(23)20(24)14-17/h2,4-11,14,22H,3,12-13,15H2,1H3. The topological polar surface area (TPSA) is 17.4 Å². The van der Waals surface area contributed by atoms with Crippen LogP contribution in [0.4, 0.5) is 8.78 Å². The van der Waals surface area contributed by atoms with Gasteiger partial charge in [-0.05, 0) is 53.9 Å². The van der Waals surface area contributed by atoms with E-state index in [0.717, 1.165) is 48.6 Å². The minimum atomic E-state index is -0.815. The van der Waals surface area contributed by atoms with Crippen LogP contribution < -0.4 is 4.74 Å². The van der Waals surface area contributed by atoms with E-state index in [1.54, 1.807) is 13.2 Å². The number of aromatic nitrogens is 1. The number of aryl methyl sites for hydroxylation is 1. The zero-order valence-electron chi connectivity index (χ0n) is 15.2. The highest BCUT2D eigenvalue weighted by Gasteiger charge is 2.28. The maximum atomic E-state index is 14.0. The van der Waals surface area contributed by atoms with Gasteiger partial charge in [-0.1, -0.05) is 18.2 Å². The molecule has 1 unspecified atom stereocenters. The van der Waals surface area contributed by atoms with Crippen LogP contribution in [0.5, 0.6) is 5.75 Å². The SMILES string of the molecule is COc1ccc(CN2CCCn3cccc3C2c2ccc(F)c(F)c2)cc1. The van der Waals surface area contributed by atoms with Crippen molar-refractivity contribution in [3.63, 3.8) is 0 Å². The lowest BCUT2D eigenvalue weighted by molar-refractivity contribution is 0.220. The summed E-state index contributed by atoms with van der Waals surface area (Å²) < 4.78 is 34.9. The molecule has 0 radical (unpaired) electrons. The van der Waals surface area contributed by atoms with Crippen LogP contribution in [0.25, 0.3) is 0 Å². The Morgan fingerprint density at radius 2 is 1.81 bits per heavy atom. The Balaban J connectivity index is 1.72. The Labute approximate surface area is 157 Å². The van der Waals surface area contributed by atoms with Gasteiger partial charge in [-0.3, -0.25) is 4.90 Å². The molecular formula is C22H22F2N2O. The van der Waals surface area contributed by atoms with Crippen LogP contribution in [-0.4, -0.2) is 23.1 Å². The second kappa shape index (κ2) is 7.53. The Morgan fingerprint density at radius 1 is 1.00 bits per heavy atom. The van der Waals surface area contributed by atoms with E-state index in [1.165, 1.54) is 12.1 Å². The van der Waals surface area contributed by atoms with Crippen molar-refractivity contribution in [2.75, 3.05) is 13.7 Å². The highest BCUT2D eigenvalue weighted by Crippen LogP contribution is 2.33. The number of methoxy groups -OCH3 is 1. The zero-order valence-corrected chi connectivity index (χ0v) is 15.2. The average molecular weight is 368 g/mol. The van der Waals surface area contributed by atoms with Gasteiger partial charge in [-0.25, -0.2) is 8.78 Å². The molecular weight excluding hydrogens is 346 g/mol. The first-order valence-corrected chi connectivity index (χ1v) is 9.12. The van der Waals surface area contributed by atoms with E-state index in [0.29, 0.717) is 0 Å². The molecule has 1 atom stereocenters. The van der Waals surface area contributed by atoms with E-state index < -0.39 is 11.6 Å². The molecule has 4 rings (SSSR count). The summed E-state index contributed by atoms with van der Waals surface area (Å²) in [7, 11) is 1.65. The Bertz CT molecular complexity index is 920. The molecule has 0 aliphatic carbocycles. The predicted octanol–water partition coefficient (Wildman–Crippen LogP) is 4.77. The van der Waals surface area contributed by atoms with Crippen molar-refractivity contribution in [2.45, 2.75) is 25.6 Å². The number of hydrogen-bond acceptors (Lipinski definition) is 2. The quantitative estimate of drug-likeness (QED) is 0.660. The molecule has 140 valence electrons. The van der Waals surface area contributed by atoms with E-state index in [2.05, 4.69) is 21.7 Å². The summed E-state index contributed by atoms with van der Waals surface area (Å²) in [6.45, 7) is 2.51. The largest absolute Gasteiger partial charge is 0.497 e. The lowest BCUT2D eigenvalue weighted by atomic mass is 10.0. The molecule has 2 aromatic carbocycles. The third-order valence-electron chi connectivity index (χ3n) is 5.16. The molecule has 0 N–H and O–H groups in total. The normalized spacial score (nSPS) is 17.4. The van der Waals surface area contributed by atoms with Crippen LogP contribution in [-0.2, 0) is 13.1 Å². The van der Waals surface area contributed by atoms with Gasteiger partial charge in [-0.2, -0.15) is 0 Å². The molecule has 1 aliphatic heterocycles. The van der Waals surface area contributed by atoms with Crippen LogP contribution in [0.2, 0.25) is 0 Å². The molecule has 1 aliphatic rings. The number of halogens is 2. The molecule has 2 heterocycles. The van der Waals surface area contributed by atoms with Crippen LogP contribution in [0.3, 0.4) is 0 Å². The van der Waals surface area contributed by atoms with E-state index in [9.17, 15) is 8.78 Å². The lowest BCUT2D eigenvalue weighted by Crippen LogP contribution is -2.29. The summed E-state index contributed by atoms with van der Waals surface area (Å²) in [5.41, 5.74) is 3.03. The number of benzene rings is 2. The van der Waals surface area contributed by atoms with Gasteiger partial charge in [0.15, 0.2) is 11.6 Å². The molecule has 3 nitrogen and oxygen atoms in total. The van der Waals surface area contributed by atoms with Crippen molar-refractivity contribution in [1.29, 1.82) is 0 Å². The molecule has 27 heavy (non-hydrogen) atoms. The van der Waals surface area contributed by atoms with E-state index in [4.69, 9.17) is 4.74 Å². The van der Waals surface area contributed by atoms with Gasteiger partial charge in [0.25, 0.3) is 0 Å². The van der Waals surface area contributed by atoms with Gasteiger partial charge < -0.3 is 9.30 Å². The van der Waals surface area contributed by atoms with Crippen LogP contribution in [0, 0.1) is 11.6 Å². The third-order valence-corrected chi connectivity index (χ3v) is 5.16. The minimum absolute atomic E-state index is 0.125. The molecule has 0 fully saturated rings. The third kappa shape index (κ3) is 3.60. The van der Waals surface area contributed by atoms with Crippen molar-refractivity contribution in [3.8, 4) is 5.75 Å². The summed E-state index contributed by atoms with van der Waals surface area (Å²) in [5.74, 6) is -0.802. The number of fused-ring (bicyclic) bond motifs is 1. The monoisotopic (exact) mass is 368 g/mol. The Morgan fingerprint density at radius 3 is 2.56 bits per heavy atom. The molecule has 0 spiro atoms. The summed E-state index contributed by atoms with van der Waals surface area (Å²) in [5, 5.41) is 0. The second-order valence-electron chi connectivity index (χ2n) is 6.87. The van der Waals surface area contributed by atoms with Crippen molar-refractivity contribution in [1.82, 2.24) is 9.47 Å². The molecule has 0 saturated carbocycles. The van der Waals surface area contributed by atoms with Gasteiger partial charge >= 0.3 is 0 Å². The molecule has 1 aromatic heterocycles. The summed E-state index contributed by atoms with van der Waals surface area (Å²) in [4.78, 5) is 2.33. The number of hydrogen-bond donors (Lipinski definition) is 0. The van der Waals surface area contributed by atoms with Crippen molar-refractivity contribution in [2.24, 2.45) is 0 Å². The summed E-state index contributed by atoms with van der Waals surface area (Å²) in [6, 6.07) is 16.2. The molecule has 5 heteroatoms. The van der Waals surface area contributed by atoms with E-state index >= 15 is 0 Å². The fourth-order valence-electron chi connectivity index (χ4n) is 3.84. The summed E-state index contributed by atoms with van der Waals surface area (Å²) >= 11 is 0. The van der Waals surface area contributed by atoms with Crippen LogP contribution in [0.15, 0.2) is 60.8 Å². The first-order chi connectivity index (χ1) is 13.2. The van der Waals surface area contributed by atoms with Gasteiger partial charge in [0.2, 0.25) is 0 Å². The smallest absolute Gasteiger partial charge is 0.159 e. The van der Waals surface area contributed by atoms with Gasteiger partial charge in [0.05, 0.1) is 13.2 Å². The minimum Gasteiger partial charge on any atom is -0.497 e. The number of rotatable bonds is 4. The lowest BCUT2D eigenvalue weighted by Gasteiger charge is -2.30. The highest BCUT2D eigenvalue weighted by atomic mass is 19.2. The first kappa shape index (κ1) is 17.7. The number of ether oxygens (including phenoxy) is 1. The van der Waals surface area contributed by atoms with Crippen LogP contribution in [0.1, 0.15) is 29.3 Å². The maximum absolute atomic E-state index is 14.0. The van der Waals surface area contributed by atoms with Crippen molar-refractivity contribution < 1.29 is 13.5 Å². The van der Waals surface area contributed by atoms with Gasteiger partial charge in [-0.15, -0.1) is 0 Å². The summed E-state index contributed by atoms with van der Waals surface area (Å²) in [6.07, 6.45) is 3.05. The fraction of sp³-hybridized carbons (Fsp3) is 0.273. The molecule has 3 aromatic rings. The van der Waals surface area contributed by atoms with E-state index in [-0.39, 0.29) is 6.04 Å². The van der Waals surface area contributed by atoms with Crippen molar-refractivity contribution in [3.05, 3.63) is 89.2 Å². The van der Waals surface area contributed by atoms with Gasteiger partial charge in [0, 0.05) is 31.5 Å². The second-order valence-corrected chi connectivity index (χ2v) is 6.87. The maximum Gasteiger partial charge on any atom is 0.159 e. The first-order valence-electron chi connectivity index (χ1n) is 9.12. The molecule has 0 bridgehead atoms. The fourth-order valence-corrected chi connectivity index (χ4v) is 3.84. The predicted molar refractivity (Wildman–Crippen MR) is 101 cm³/mol. The molecule has 0 saturated heterocycles. The van der Waals surface area contributed by atoms with E-state index in [1.807, 2.05) is 30.3 Å². The number of nitrogens with zero attached hydrogens (tertiary/aromatic N) is 2. The average Bonchev–Trinajstić information content (AvgIpc) is 3.06. The molecule has 0 amide bonds. The Hall–Kier alpha value is -2.66. The van der Waals surface area contributed by atoms with Gasteiger partial charge in [0.1, 0.15) is 5.75 Å². The van der Waals surface area contributed by atoms with Crippen LogP contribution >= 0.6 is 0 Å². The highest BCUT2D eigenvalue weighted by molar-refractivity contribution is 5.32.